The van der Waals surface area contributed by atoms with E-state index < -0.39 is 24.3 Å². The maximum Gasteiger partial charge on any atom is 0.338 e. The van der Waals surface area contributed by atoms with Crippen molar-refractivity contribution in [2.45, 2.75) is 56.4 Å². The molecule has 0 spiro atoms. The van der Waals surface area contributed by atoms with Gasteiger partial charge in [-0.15, -0.1) is 11.8 Å². The van der Waals surface area contributed by atoms with Gasteiger partial charge in [0.15, 0.2) is 12.1 Å². The van der Waals surface area contributed by atoms with Crippen molar-refractivity contribution in [2.24, 2.45) is 5.92 Å². The molecule has 1 saturated heterocycles. The number of Topliss-reactive ketones (excluding diaryl/α,β-unsaturated/α-hetero) is 1. The summed E-state index contributed by atoms with van der Waals surface area (Å²) in [5.41, 5.74) is 3.90. The predicted molar refractivity (Wildman–Crippen MR) is 178 cm³/mol. The first-order valence-corrected chi connectivity index (χ1v) is 16.2. The molecule has 4 aromatic rings. The minimum absolute atomic E-state index is 0.0743. The second-order valence-electron chi connectivity index (χ2n) is 11.4. The minimum Gasteiger partial charge on any atom is -0.478 e. The number of aliphatic hydroxyl groups excluding tert-OH is 1. The summed E-state index contributed by atoms with van der Waals surface area (Å²) in [5.74, 6) is -0.920. The molecule has 1 aliphatic heterocycles. The van der Waals surface area contributed by atoms with E-state index in [1.54, 1.807) is 30.5 Å². The molecule has 11 heteroatoms. The number of nitrogens with one attached hydrogen (secondary N) is 2. The number of benzene rings is 3. The highest BCUT2D eigenvalue weighted by Gasteiger charge is 2.38. The van der Waals surface area contributed by atoms with Crippen LogP contribution in [0.2, 0.25) is 0 Å². The summed E-state index contributed by atoms with van der Waals surface area (Å²) >= 11 is 1.31. The molecule has 1 aliphatic rings. The van der Waals surface area contributed by atoms with Gasteiger partial charge in [0, 0.05) is 29.1 Å². The molecule has 244 valence electrons. The molecule has 0 aliphatic carbocycles. The number of anilines is 1. The first-order valence-electron chi connectivity index (χ1n) is 15.3. The lowest BCUT2D eigenvalue weighted by Gasteiger charge is -2.41. The van der Waals surface area contributed by atoms with Gasteiger partial charge in [0.05, 0.1) is 30.4 Å². The average molecular weight is 656 g/mol. The van der Waals surface area contributed by atoms with Gasteiger partial charge in [0.25, 0.3) is 0 Å². The number of carboxylic acid groups (broad SMARTS) is 1. The first kappa shape index (κ1) is 33.8. The third-order valence-electron chi connectivity index (χ3n) is 8.00. The summed E-state index contributed by atoms with van der Waals surface area (Å²) in [6.45, 7) is 3.40. The van der Waals surface area contributed by atoms with Crippen LogP contribution in [0.4, 0.5) is 10.5 Å². The molecule has 0 saturated carbocycles. The number of carboxylic acids is 1. The van der Waals surface area contributed by atoms with Crippen molar-refractivity contribution in [2.75, 3.05) is 11.1 Å². The zero-order valence-corrected chi connectivity index (χ0v) is 26.9. The standard InChI is InChI=1S/C36H37N3O7S/c1-22-31(21-47-33-29(34(42)43)12-7-17-37-33)45-35(46-32(22)26-15-13-25(20-40)14-16-26)27-10-6-11-28(19-27)38-36(44)39-30(23(2)41)18-24-8-4-3-5-9-24/h3-17,19,22,30-32,35,40H,18,20-21H2,1-2H3,(H,42,43)(H2,38,39,44)/t22-,30+,31+,32+,35?/m0/s1. The molecular formula is C36H37N3O7S. The number of nitrogens with zero attached hydrogens (tertiary/aromatic N) is 1. The molecule has 0 bridgehead atoms. The van der Waals surface area contributed by atoms with E-state index in [-0.39, 0.29) is 36.1 Å². The summed E-state index contributed by atoms with van der Waals surface area (Å²) in [6, 6.07) is 26.1. The quantitative estimate of drug-likeness (QED) is 0.131. The number of rotatable bonds is 12. The third kappa shape index (κ3) is 8.83. The first-order chi connectivity index (χ1) is 22.7. The molecule has 4 N–H and O–H groups in total. The highest BCUT2D eigenvalue weighted by molar-refractivity contribution is 7.99. The van der Waals surface area contributed by atoms with Crippen LogP contribution in [0.5, 0.6) is 0 Å². The van der Waals surface area contributed by atoms with Crippen molar-refractivity contribution in [1.29, 1.82) is 0 Å². The van der Waals surface area contributed by atoms with Crippen molar-refractivity contribution in [1.82, 2.24) is 10.3 Å². The van der Waals surface area contributed by atoms with Crippen molar-refractivity contribution < 1.29 is 34.1 Å². The second kappa shape index (κ2) is 15.8. The summed E-state index contributed by atoms with van der Waals surface area (Å²) in [7, 11) is 0. The number of thioether (sulfide) groups is 1. The molecule has 2 heterocycles. The van der Waals surface area contributed by atoms with Gasteiger partial charge in [-0.1, -0.05) is 73.7 Å². The number of amides is 2. The van der Waals surface area contributed by atoms with E-state index in [9.17, 15) is 24.6 Å². The molecular weight excluding hydrogens is 618 g/mol. The fourth-order valence-electron chi connectivity index (χ4n) is 5.37. The summed E-state index contributed by atoms with van der Waals surface area (Å²) in [5, 5.41) is 25.2. The number of ether oxygens (including phenoxy) is 2. The highest BCUT2D eigenvalue weighted by Crippen LogP contribution is 2.43. The van der Waals surface area contributed by atoms with E-state index in [4.69, 9.17) is 9.47 Å². The average Bonchev–Trinajstić information content (AvgIpc) is 3.08. The third-order valence-corrected chi connectivity index (χ3v) is 9.10. The summed E-state index contributed by atoms with van der Waals surface area (Å²) in [6.07, 6.45) is 0.378. The van der Waals surface area contributed by atoms with Crippen molar-refractivity contribution in [3.8, 4) is 0 Å². The fraction of sp³-hybridized carbons (Fsp3) is 0.278. The number of aliphatic hydroxyl groups is 1. The number of hydrogen-bond donors (Lipinski definition) is 4. The number of ketones is 1. The van der Waals surface area contributed by atoms with Crippen LogP contribution in [0.3, 0.4) is 0 Å². The molecule has 5 atom stereocenters. The number of pyridine rings is 1. The smallest absolute Gasteiger partial charge is 0.338 e. The van der Waals surface area contributed by atoms with Crippen LogP contribution < -0.4 is 10.6 Å². The maximum atomic E-state index is 13.0. The van der Waals surface area contributed by atoms with Crippen LogP contribution in [-0.4, -0.2) is 50.9 Å². The molecule has 47 heavy (non-hydrogen) atoms. The number of urea groups is 1. The molecule has 1 fully saturated rings. The van der Waals surface area contributed by atoms with Crippen molar-refractivity contribution in [3.05, 3.63) is 125 Å². The normalized spacial score (nSPS) is 19.8. The second-order valence-corrected chi connectivity index (χ2v) is 12.4. The molecule has 2 amide bonds. The van der Waals surface area contributed by atoms with Gasteiger partial charge < -0.3 is 30.3 Å². The van der Waals surface area contributed by atoms with Gasteiger partial charge in [-0.25, -0.2) is 14.6 Å². The Hall–Kier alpha value is -4.55. The van der Waals surface area contributed by atoms with Crippen LogP contribution in [0, 0.1) is 5.92 Å². The Balaban J connectivity index is 1.34. The molecule has 10 nitrogen and oxygen atoms in total. The number of aromatic carboxylic acids is 1. The monoisotopic (exact) mass is 655 g/mol. The number of aromatic nitrogens is 1. The lowest BCUT2D eigenvalue weighted by molar-refractivity contribution is -0.268. The Labute approximate surface area is 277 Å². The van der Waals surface area contributed by atoms with E-state index >= 15 is 0 Å². The zero-order valence-electron chi connectivity index (χ0n) is 26.0. The lowest BCUT2D eigenvalue weighted by Crippen LogP contribution is -2.43. The van der Waals surface area contributed by atoms with E-state index in [2.05, 4.69) is 15.6 Å². The minimum atomic E-state index is -1.05. The molecule has 1 unspecified atom stereocenters. The Morgan fingerprint density at radius 2 is 1.68 bits per heavy atom. The molecule has 0 radical (unpaired) electrons. The van der Waals surface area contributed by atoms with Crippen LogP contribution in [0.1, 0.15) is 58.9 Å². The van der Waals surface area contributed by atoms with E-state index in [1.165, 1.54) is 24.8 Å². The number of carbonyl (C=O) groups is 3. The number of carbonyl (C=O) groups excluding carboxylic acids is 2. The van der Waals surface area contributed by atoms with Crippen molar-refractivity contribution in [3.63, 3.8) is 0 Å². The van der Waals surface area contributed by atoms with E-state index in [0.717, 1.165) is 16.7 Å². The van der Waals surface area contributed by atoms with Gasteiger partial charge >= 0.3 is 12.0 Å². The van der Waals surface area contributed by atoms with Gasteiger partial charge in [-0.05, 0) is 54.3 Å². The topological polar surface area (TPSA) is 147 Å². The van der Waals surface area contributed by atoms with Gasteiger partial charge in [0.2, 0.25) is 0 Å². The fourth-order valence-corrected chi connectivity index (χ4v) is 6.52. The summed E-state index contributed by atoms with van der Waals surface area (Å²) in [4.78, 5) is 41.3. The SMILES string of the molecule is CC(=O)[C@@H](Cc1ccccc1)NC(=O)Nc1cccc(C2O[C@H](CSc3ncccc3C(=O)O)[C@H](C)[C@H](c3ccc(CO)cc3)O2)c1. The highest BCUT2D eigenvalue weighted by atomic mass is 32.2. The predicted octanol–water partition coefficient (Wildman–Crippen LogP) is 6.18. The molecule has 1 aromatic heterocycles. The zero-order chi connectivity index (χ0) is 33.3. The lowest BCUT2D eigenvalue weighted by atomic mass is 9.91. The molecule has 3 aromatic carbocycles. The summed E-state index contributed by atoms with van der Waals surface area (Å²) < 4.78 is 13.0. The maximum absolute atomic E-state index is 13.0. The Kier molecular flexibility index (Phi) is 11.4. The Morgan fingerprint density at radius 3 is 2.38 bits per heavy atom. The molecule has 5 rings (SSSR count). The van der Waals surface area contributed by atoms with Crippen LogP contribution in [-0.2, 0) is 27.3 Å². The van der Waals surface area contributed by atoms with Gasteiger partial charge in [0.1, 0.15) is 5.03 Å². The van der Waals surface area contributed by atoms with E-state index in [0.29, 0.717) is 28.5 Å². The van der Waals surface area contributed by atoms with Gasteiger partial charge in [-0.2, -0.15) is 0 Å². The van der Waals surface area contributed by atoms with Gasteiger partial charge in [-0.3, -0.25) is 4.79 Å². The Bertz CT molecular complexity index is 1690. The van der Waals surface area contributed by atoms with E-state index in [1.807, 2.05) is 67.6 Å². The van der Waals surface area contributed by atoms with Crippen LogP contribution in [0.25, 0.3) is 0 Å². The number of hydrogen-bond acceptors (Lipinski definition) is 8. The van der Waals surface area contributed by atoms with Crippen LogP contribution in [0.15, 0.2) is 102 Å². The largest absolute Gasteiger partial charge is 0.478 e. The van der Waals surface area contributed by atoms with Crippen molar-refractivity contribution >= 4 is 35.2 Å². The van der Waals surface area contributed by atoms with Crippen LogP contribution >= 0.6 is 11.8 Å². The Morgan fingerprint density at radius 1 is 0.915 bits per heavy atom.